The number of imidazole rings is 1. The summed E-state index contributed by atoms with van der Waals surface area (Å²) in [5.74, 6) is -1.30. The molecule has 138 valence electrons. The SMILES string of the molecule is O=C(Cn1c(C(F)(F)F)nc2ccccc21)N(C1=CCCCC1)C1CC1. The van der Waals surface area contributed by atoms with Gasteiger partial charge >= 0.3 is 6.18 Å². The highest BCUT2D eigenvalue weighted by molar-refractivity contribution is 5.82. The van der Waals surface area contributed by atoms with E-state index < -0.39 is 12.0 Å². The Balaban J connectivity index is 1.69. The lowest BCUT2D eigenvalue weighted by Crippen LogP contribution is -2.36. The van der Waals surface area contributed by atoms with Gasteiger partial charge in [0.25, 0.3) is 0 Å². The van der Waals surface area contributed by atoms with E-state index in [1.165, 1.54) is 6.07 Å². The third-order valence-corrected chi connectivity index (χ3v) is 4.96. The largest absolute Gasteiger partial charge is 0.449 e. The third-order valence-electron chi connectivity index (χ3n) is 4.96. The minimum Gasteiger partial charge on any atom is -0.312 e. The monoisotopic (exact) mass is 363 g/mol. The van der Waals surface area contributed by atoms with Crippen molar-refractivity contribution in [2.45, 2.75) is 57.3 Å². The Hall–Kier alpha value is -2.31. The van der Waals surface area contributed by atoms with Gasteiger partial charge in [0.1, 0.15) is 6.54 Å². The number of para-hydroxylation sites is 2. The van der Waals surface area contributed by atoms with Crippen molar-refractivity contribution in [2.75, 3.05) is 0 Å². The number of hydrogen-bond acceptors (Lipinski definition) is 2. The molecule has 1 aromatic carbocycles. The van der Waals surface area contributed by atoms with E-state index in [2.05, 4.69) is 11.1 Å². The Bertz CT molecular complexity index is 865. The molecule has 2 aliphatic carbocycles. The van der Waals surface area contributed by atoms with Gasteiger partial charge in [0.15, 0.2) is 0 Å². The van der Waals surface area contributed by atoms with Crippen LogP contribution in [0.2, 0.25) is 0 Å². The number of aromatic nitrogens is 2. The third kappa shape index (κ3) is 3.22. The van der Waals surface area contributed by atoms with Crippen LogP contribution in [0.1, 0.15) is 44.3 Å². The zero-order valence-electron chi connectivity index (χ0n) is 14.3. The van der Waals surface area contributed by atoms with Crippen LogP contribution in [0.4, 0.5) is 13.2 Å². The van der Waals surface area contributed by atoms with Gasteiger partial charge in [0, 0.05) is 11.7 Å². The normalized spacial score (nSPS) is 18.0. The molecular weight excluding hydrogens is 343 g/mol. The zero-order valence-corrected chi connectivity index (χ0v) is 14.3. The molecule has 0 spiro atoms. The molecule has 1 amide bonds. The molecule has 0 saturated heterocycles. The maximum atomic E-state index is 13.4. The predicted octanol–water partition coefficient (Wildman–Crippen LogP) is 4.50. The van der Waals surface area contributed by atoms with E-state index in [1.54, 1.807) is 23.1 Å². The molecule has 1 saturated carbocycles. The van der Waals surface area contributed by atoms with Crippen LogP contribution in [0, 0.1) is 0 Å². The molecule has 4 rings (SSSR count). The van der Waals surface area contributed by atoms with Gasteiger partial charge in [-0.3, -0.25) is 4.79 Å². The van der Waals surface area contributed by atoms with Crippen molar-refractivity contribution in [2.24, 2.45) is 0 Å². The highest BCUT2D eigenvalue weighted by Crippen LogP contribution is 2.35. The molecule has 1 aromatic heterocycles. The number of carbonyl (C=O) groups excluding carboxylic acids is 1. The van der Waals surface area contributed by atoms with Crippen molar-refractivity contribution in [3.8, 4) is 0 Å². The minimum absolute atomic E-state index is 0.135. The Labute approximate surface area is 149 Å². The summed E-state index contributed by atoms with van der Waals surface area (Å²) in [5.41, 5.74) is 1.56. The number of amides is 1. The zero-order chi connectivity index (χ0) is 18.3. The fourth-order valence-electron chi connectivity index (χ4n) is 3.63. The second kappa shape index (κ2) is 6.45. The summed E-state index contributed by atoms with van der Waals surface area (Å²) in [6, 6.07) is 6.55. The molecule has 7 heteroatoms. The molecule has 1 heterocycles. The van der Waals surface area contributed by atoms with Crippen molar-refractivity contribution < 1.29 is 18.0 Å². The number of fused-ring (bicyclic) bond motifs is 1. The highest BCUT2D eigenvalue weighted by atomic mass is 19.4. The lowest BCUT2D eigenvalue weighted by atomic mass is 10.0. The summed E-state index contributed by atoms with van der Waals surface area (Å²) in [7, 11) is 0. The van der Waals surface area contributed by atoms with Gasteiger partial charge in [-0.1, -0.05) is 18.2 Å². The summed E-state index contributed by atoms with van der Waals surface area (Å²) in [6.45, 7) is -0.344. The number of halogens is 3. The standard InChI is InChI=1S/C19H20F3N3O/c20-19(21,22)18-23-15-8-4-5-9-16(15)24(18)12-17(26)25(14-10-11-14)13-6-2-1-3-7-13/h4-6,8-9,14H,1-3,7,10-12H2. The second-order valence-corrected chi connectivity index (χ2v) is 6.94. The first-order valence-electron chi connectivity index (χ1n) is 8.99. The summed E-state index contributed by atoms with van der Waals surface area (Å²) in [4.78, 5) is 18.4. The first-order valence-corrected chi connectivity index (χ1v) is 8.99. The van der Waals surface area contributed by atoms with Crippen molar-refractivity contribution in [1.82, 2.24) is 14.5 Å². The quantitative estimate of drug-likeness (QED) is 0.802. The van der Waals surface area contributed by atoms with Crippen LogP contribution in [-0.4, -0.2) is 26.4 Å². The molecule has 0 N–H and O–H groups in total. The van der Waals surface area contributed by atoms with Crippen LogP contribution in [0.5, 0.6) is 0 Å². The van der Waals surface area contributed by atoms with Gasteiger partial charge in [-0.25, -0.2) is 4.98 Å². The van der Waals surface area contributed by atoms with Crippen molar-refractivity contribution in [1.29, 1.82) is 0 Å². The summed E-state index contributed by atoms with van der Waals surface area (Å²) < 4.78 is 41.3. The summed E-state index contributed by atoms with van der Waals surface area (Å²) in [5, 5.41) is 0. The lowest BCUT2D eigenvalue weighted by Gasteiger charge is -2.28. The van der Waals surface area contributed by atoms with Crippen LogP contribution in [0.15, 0.2) is 36.0 Å². The Kier molecular flexibility index (Phi) is 4.25. The van der Waals surface area contributed by atoms with Gasteiger partial charge in [0.05, 0.1) is 11.0 Å². The van der Waals surface area contributed by atoms with E-state index in [4.69, 9.17) is 0 Å². The molecule has 0 bridgehead atoms. The van der Waals surface area contributed by atoms with Crippen LogP contribution in [0.25, 0.3) is 11.0 Å². The summed E-state index contributed by atoms with van der Waals surface area (Å²) in [6.07, 6.45) is 3.15. The van der Waals surface area contributed by atoms with Gasteiger partial charge in [0.2, 0.25) is 11.7 Å². The van der Waals surface area contributed by atoms with Crippen LogP contribution in [0.3, 0.4) is 0 Å². The highest BCUT2D eigenvalue weighted by Gasteiger charge is 2.40. The van der Waals surface area contributed by atoms with E-state index in [0.717, 1.165) is 48.8 Å². The summed E-state index contributed by atoms with van der Waals surface area (Å²) >= 11 is 0. The molecule has 0 unspecified atom stereocenters. The van der Waals surface area contributed by atoms with Gasteiger partial charge in [-0.15, -0.1) is 0 Å². The Morgan fingerprint density at radius 2 is 2.00 bits per heavy atom. The van der Waals surface area contributed by atoms with E-state index in [-0.39, 0.29) is 24.0 Å². The number of alkyl halides is 3. The molecule has 26 heavy (non-hydrogen) atoms. The number of carbonyl (C=O) groups is 1. The Morgan fingerprint density at radius 1 is 1.23 bits per heavy atom. The molecule has 2 aromatic rings. The van der Waals surface area contributed by atoms with Gasteiger partial charge < -0.3 is 9.47 Å². The first-order chi connectivity index (χ1) is 12.4. The molecule has 0 radical (unpaired) electrons. The van der Waals surface area contributed by atoms with Crippen molar-refractivity contribution in [3.63, 3.8) is 0 Å². The molecular formula is C19H20F3N3O. The van der Waals surface area contributed by atoms with E-state index in [9.17, 15) is 18.0 Å². The minimum atomic E-state index is -4.60. The van der Waals surface area contributed by atoms with E-state index in [0.29, 0.717) is 5.52 Å². The maximum absolute atomic E-state index is 13.4. The average molecular weight is 363 g/mol. The molecule has 4 nitrogen and oxygen atoms in total. The number of hydrogen-bond donors (Lipinski definition) is 0. The maximum Gasteiger partial charge on any atom is 0.449 e. The van der Waals surface area contributed by atoms with Gasteiger partial charge in [-0.05, 0) is 50.7 Å². The predicted molar refractivity (Wildman–Crippen MR) is 91.2 cm³/mol. The van der Waals surface area contributed by atoms with E-state index in [1.807, 2.05) is 0 Å². The molecule has 0 aliphatic heterocycles. The fourth-order valence-corrected chi connectivity index (χ4v) is 3.63. The van der Waals surface area contributed by atoms with Crippen LogP contribution < -0.4 is 0 Å². The molecule has 1 fully saturated rings. The first kappa shape index (κ1) is 17.1. The molecule has 2 aliphatic rings. The number of allylic oxidation sites excluding steroid dienone is 2. The second-order valence-electron chi connectivity index (χ2n) is 6.94. The lowest BCUT2D eigenvalue weighted by molar-refractivity contribution is -0.148. The van der Waals surface area contributed by atoms with Crippen LogP contribution >= 0.6 is 0 Å². The smallest absolute Gasteiger partial charge is 0.312 e. The topological polar surface area (TPSA) is 38.1 Å². The van der Waals surface area contributed by atoms with Crippen LogP contribution in [-0.2, 0) is 17.5 Å². The number of benzene rings is 1. The number of rotatable bonds is 4. The van der Waals surface area contributed by atoms with Crippen molar-refractivity contribution >= 4 is 16.9 Å². The molecule has 0 atom stereocenters. The average Bonchev–Trinajstić information content (AvgIpc) is 3.37. The van der Waals surface area contributed by atoms with Gasteiger partial charge in [-0.2, -0.15) is 13.2 Å². The fraction of sp³-hybridized carbons (Fsp3) is 0.474. The Morgan fingerprint density at radius 3 is 2.65 bits per heavy atom. The van der Waals surface area contributed by atoms with Crippen molar-refractivity contribution in [3.05, 3.63) is 41.9 Å². The number of nitrogens with zero attached hydrogens (tertiary/aromatic N) is 3. The van der Waals surface area contributed by atoms with E-state index >= 15 is 0 Å².